The van der Waals surface area contributed by atoms with E-state index in [1.165, 1.54) is 38.1 Å². The van der Waals surface area contributed by atoms with Crippen LogP contribution in [0.4, 0.5) is 0 Å². The fourth-order valence-corrected chi connectivity index (χ4v) is 3.76. The van der Waals surface area contributed by atoms with Crippen LogP contribution in [-0.2, 0) is 15.8 Å². The third-order valence-corrected chi connectivity index (χ3v) is 6.65. The summed E-state index contributed by atoms with van der Waals surface area (Å²) in [6.45, 7) is 0. The highest BCUT2D eigenvalue weighted by molar-refractivity contribution is 9.10. The van der Waals surface area contributed by atoms with Gasteiger partial charge in [0.25, 0.3) is 0 Å². The number of sulfonamides is 1. The molecular formula is C16H15BrN4O3S2. The molecule has 1 aromatic carbocycles. The van der Waals surface area contributed by atoms with E-state index in [4.69, 9.17) is 4.42 Å². The van der Waals surface area contributed by atoms with E-state index in [9.17, 15) is 8.42 Å². The van der Waals surface area contributed by atoms with Crippen LogP contribution in [-0.4, -0.2) is 42.0 Å². The van der Waals surface area contributed by atoms with Gasteiger partial charge in [-0.25, -0.2) is 17.7 Å². The van der Waals surface area contributed by atoms with Crippen molar-refractivity contribution >= 4 is 37.7 Å². The Morgan fingerprint density at radius 3 is 2.46 bits per heavy atom. The van der Waals surface area contributed by atoms with Gasteiger partial charge in [-0.2, -0.15) is 0 Å². The van der Waals surface area contributed by atoms with Crippen LogP contribution < -0.4 is 0 Å². The first-order valence-electron chi connectivity index (χ1n) is 7.46. The number of aromatic nitrogens is 3. The zero-order chi connectivity index (χ0) is 18.7. The quantitative estimate of drug-likeness (QED) is 0.526. The topological polar surface area (TPSA) is 89.2 Å². The minimum absolute atomic E-state index is 0.155. The Morgan fingerprint density at radius 1 is 1.12 bits per heavy atom. The molecule has 0 amide bonds. The Hall–Kier alpha value is -1.75. The Bertz CT molecular complexity index is 987. The maximum absolute atomic E-state index is 12.0. The third-order valence-electron chi connectivity index (χ3n) is 3.39. The molecule has 0 bridgehead atoms. The van der Waals surface area contributed by atoms with E-state index in [2.05, 4.69) is 31.1 Å². The first-order valence-corrected chi connectivity index (χ1v) is 10.7. The van der Waals surface area contributed by atoms with E-state index >= 15 is 0 Å². The van der Waals surface area contributed by atoms with Crippen molar-refractivity contribution in [1.29, 1.82) is 0 Å². The number of thioether (sulfide) groups is 1. The van der Waals surface area contributed by atoms with Crippen molar-refractivity contribution in [3.8, 4) is 11.5 Å². The molecule has 0 aliphatic heterocycles. The van der Waals surface area contributed by atoms with Crippen molar-refractivity contribution in [3.63, 3.8) is 0 Å². The molecule has 10 heteroatoms. The lowest BCUT2D eigenvalue weighted by molar-refractivity contribution is 0.520. The lowest BCUT2D eigenvalue weighted by Crippen LogP contribution is -2.22. The average molecular weight is 455 g/mol. The highest BCUT2D eigenvalue weighted by Gasteiger charge is 2.17. The second-order valence-electron chi connectivity index (χ2n) is 5.42. The predicted molar refractivity (Wildman–Crippen MR) is 102 cm³/mol. The van der Waals surface area contributed by atoms with E-state index < -0.39 is 10.0 Å². The highest BCUT2D eigenvalue weighted by Crippen LogP contribution is 2.25. The molecule has 0 spiro atoms. The molecular weight excluding hydrogens is 440 g/mol. The second-order valence-corrected chi connectivity index (χ2v) is 9.48. The second kappa shape index (κ2) is 7.87. The van der Waals surface area contributed by atoms with Crippen molar-refractivity contribution in [1.82, 2.24) is 19.5 Å². The van der Waals surface area contributed by atoms with Crippen LogP contribution in [0.5, 0.6) is 0 Å². The lowest BCUT2D eigenvalue weighted by atomic mass is 10.2. The molecule has 2 aromatic heterocycles. The van der Waals surface area contributed by atoms with Crippen LogP contribution in [0.2, 0.25) is 0 Å². The normalized spacial score (nSPS) is 11.8. The van der Waals surface area contributed by atoms with Gasteiger partial charge in [-0.05, 0) is 36.4 Å². The van der Waals surface area contributed by atoms with Crippen molar-refractivity contribution in [2.24, 2.45) is 0 Å². The molecule has 0 saturated heterocycles. The minimum atomic E-state index is -3.47. The number of hydrogen-bond acceptors (Lipinski definition) is 7. The third kappa shape index (κ3) is 4.32. The van der Waals surface area contributed by atoms with E-state index in [1.807, 2.05) is 24.3 Å². The number of halogens is 1. The fourth-order valence-electron chi connectivity index (χ4n) is 1.97. The molecule has 0 atom stereocenters. The van der Waals surface area contributed by atoms with Gasteiger partial charge in [0.2, 0.25) is 21.8 Å². The fraction of sp³-hybridized carbons (Fsp3) is 0.188. The van der Waals surface area contributed by atoms with Gasteiger partial charge in [-0.3, -0.25) is 0 Å². The molecule has 0 radical (unpaired) electrons. The van der Waals surface area contributed by atoms with Gasteiger partial charge in [0.05, 0.1) is 10.8 Å². The number of rotatable bonds is 6. The SMILES string of the molecule is CN(C)S(=O)(=O)c1ccc(SCc2nnc(-c3ccc(Br)cc3)o2)nc1. The maximum Gasteiger partial charge on any atom is 0.247 e. The van der Waals surface area contributed by atoms with Gasteiger partial charge in [-0.1, -0.05) is 27.7 Å². The molecule has 0 unspecified atom stereocenters. The molecule has 3 rings (SSSR count). The first-order chi connectivity index (χ1) is 12.4. The minimum Gasteiger partial charge on any atom is -0.420 e. The van der Waals surface area contributed by atoms with E-state index in [-0.39, 0.29) is 4.90 Å². The molecule has 136 valence electrons. The summed E-state index contributed by atoms with van der Waals surface area (Å²) < 4.78 is 31.8. The smallest absolute Gasteiger partial charge is 0.247 e. The summed E-state index contributed by atoms with van der Waals surface area (Å²) in [7, 11) is -0.508. The summed E-state index contributed by atoms with van der Waals surface area (Å²) in [5.74, 6) is 1.37. The van der Waals surface area contributed by atoms with Gasteiger partial charge in [0.1, 0.15) is 4.90 Å². The summed E-state index contributed by atoms with van der Waals surface area (Å²) in [5, 5.41) is 8.75. The average Bonchev–Trinajstić information content (AvgIpc) is 3.10. The molecule has 0 saturated carbocycles. The largest absolute Gasteiger partial charge is 0.420 e. The van der Waals surface area contributed by atoms with Crippen molar-refractivity contribution < 1.29 is 12.8 Å². The van der Waals surface area contributed by atoms with Gasteiger partial charge >= 0.3 is 0 Å². The van der Waals surface area contributed by atoms with Crippen LogP contribution in [0.3, 0.4) is 0 Å². The Morgan fingerprint density at radius 2 is 1.85 bits per heavy atom. The highest BCUT2D eigenvalue weighted by atomic mass is 79.9. The van der Waals surface area contributed by atoms with Crippen LogP contribution in [0.15, 0.2) is 61.4 Å². The standard InChI is InChI=1S/C16H15BrN4O3S2/c1-21(2)26(22,23)13-7-8-15(18-9-13)25-10-14-19-20-16(24-14)11-3-5-12(17)6-4-11/h3-9H,10H2,1-2H3. The zero-order valence-electron chi connectivity index (χ0n) is 14.0. The number of hydrogen-bond donors (Lipinski definition) is 0. The van der Waals surface area contributed by atoms with Crippen LogP contribution in [0.25, 0.3) is 11.5 Å². The predicted octanol–water partition coefficient (Wildman–Crippen LogP) is 3.44. The molecule has 0 aliphatic rings. The summed E-state index contributed by atoms with van der Waals surface area (Å²) in [6, 6.07) is 10.8. The van der Waals surface area contributed by atoms with Crippen LogP contribution >= 0.6 is 27.7 Å². The number of pyridine rings is 1. The maximum atomic E-state index is 12.0. The summed E-state index contributed by atoms with van der Waals surface area (Å²) >= 11 is 4.77. The summed E-state index contributed by atoms with van der Waals surface area (Å²) in [6.07, 6.45) is 1.35. The molecule has 0 aliphatic carbocycles. The Labute approximate surface area is 164 Å². The van der Waals surface area contributed by atoms with Gasteiger partial charge in [0.15, 0.2) is 0 Å². The van der Waals surface area contributed by atoms with Crippen molar-refractivity contribution in [2.75, 3.05) is 14.1 Å². The molecule has 0 N–H and O–H groups in total. The molecule has 3 aromatic rings. The summed E-state index contributed by atoms with van der Waals surface area (Å²) in [5.41, 5.74) is 0.841. The van der Waals surface area contributed by atoms with Gasteiger partial charge in [-0.15, -0.1) is 10.2 Å². The van der Waals surface area contributed by atoms with E-state index in [0.717, 1.165) is 14.3 Å². The lowest BCUT2D eigenvalue weighted by Gasteiger charge is -2.10. The molecule has 2 heterocycles. The van der Waals surface area contributed by atoms with Gasteiger partial charge < -0.3 is 4.42 Å². The van der Waals surface area contributed by atoms with Crippen LogP contribution in [0.1, 0.15) is 5.89 Å². The number of nitrogens with zero attached hydrogens (tertiary/aromatic N) is 4. The van der Waals surface area contributed by atoms with E-state index in [0.29, 0.717) is 22.6 Å². The van der Waals surface area contributed by atoms with E-state index in [1.54, 1.807) is 6.07 Å². The first kappa shape index (κ1) is 19.0. The van der Waals surface area contributed by atoms with Crippen molar-refractivity contribution in [3.05, 3.63) is 53.0 Å². The molecule has 7 nitrogen and oxygen atoms in total. The number of benzene rings is 1. The molecule has 26 heavy (non-hydrogen) atoms. The van der Waals surface area contributed by atoms with Crippen LogP contribution in [0, 0.1) is 0 Å². The van der Waals surface area contributed by atoms with Crippen molar-refractivity contribution in [2.45, 2.75) is 15.7 Å². The Balaban J connectivity index is 1.65. The monoisotopic (exact) mass is 454 g/mol. The summed E-state index contributed by atoms with van der Waals surface area (Å²) in [4.78, 5) is 4.33. The van der Waals surface area contributed by atoms with Gasteiger partial charge in [0, 0.05) is 30.3 Å². The zero-order valence-corrected chi connectivity index (χ0v) is 17.2. The molecule has 0 fully saturated rings. The Kier molecular flexibility index (Phi) is 5.76.